The average Bonchev–Trinajstić information content (AvgIpc) is 3.27. The molecule has 0 atom stereocenters. The van der Waals surface area contributed by atoms with Crippen LogP contribution in [-0.2, 0) is 0 Å². The first-order chi connectivity index (χ1) is 16.9. The van der Waals surface area contributed by atoms with Crippen LogP contribution >= 0.6 is 15.9 Å². The van der Waals surface area contributed by atoms with Gasteiger partial charge in [0, 0.05) is 15.9 Å². The molecule has 0 saturated heterocycles. The van der Waals surface area contributed by atoms with Crippen molar-refractivity contribution in [2.75, 3.05) is 14.2 Å². The van der Waals surface area contributed by atoms with Gasteiger partial charge in [0.05, 0.1) is 25.2 Å². The molecule has 0 saturated carbocycles. The van der Waals surface area contributed by atoms with Gasteiger partial charge in [-0.3, -0.25) is 4.79 Å². The maximum Gasteiger partial charge on any atom is 0.379 e. The quantitative estimate of drug-likeness (QED) is 0.187. The Morgan fingerprint density at radius 1 is 0.857 bits per heavy atom. The smallest absolute Gasteiger partial charge is 0.379 e. The number of ether oxygens (including phenoxy) is 3. The molecule has 0 N–H and O–H groups in total. The second-order valence-corrected chi connectivity index (χ2v) is 8.69. The summed E-state index contributed by atoms with van der Waals surface area (Å²) < 4.78 is 28.5. The number of methoxy groups -OCH3 is 2. The summed E-state index contributed by atoms with van der Waals surface area (Å²) in [5, 5.41) is 1.13. The topological polar surface area (TPSA) is 88.1 Å². The van der Waals surface area contributed by atoms with E-state index in [1.807, 2.05) is 12.1 Å². The first-order valence-electron chi connectivity index (χ1n) is 10.6. The summed E-state index contributed by atoms with van der Waals surface area (Å²) in [6.45, 7) is 1.71. The zero-order valence-electron chi connectivity index (χ0n) is 19.0. The van der Waals surface area contributed by atoms with Crippen LogP contribution in [-0.4, -0.2) is 20.2 Å². The van der Waals surface area contributed by atoms with E-state index in [1.54, 1.807) is 56.5 Å². The van der Waals surface area contributed by atoms with E-state index in [2.05, 4.69) is 15.9 Å². The minimum Gasteiger partial charge on any atom is -0.493 e. The number of benzene rings is 3. The Balaban J connectivity index is 1.49. The van der Waals surface area contributed by atoms with E-state index in [4.69, 9.17) is 23.0 Å². The van der Waals surface area contributed by atoms with Crippen molar-refractivity contribution in [1.29, 1.82) is 0 Å². The van der Waals surface area contributed by atoms with Crippen molar-refractivity contribution in [1.82, 2.24) is 0 Å². The Hall–Kier alpha value is -4.04. The van der Waals surface area contributed by atoms with Gasteiger partial charge in [-0.05, 0) is 61.0 Å². The highest BCUT2D eigenvalue weighted by atomic mass is 79.9. The van der Waals surface area contributed by atoms with E-state index in [1.165, 1.54) is 13.2 Å². The zero-order chi connectivity index (χ0) is 24.7. The van der Waals surface area contributed by atoms with Gasteiger partial charge in [0.15, 0.2) is 11.5 Å². The standard InChI is InChI=1S/C27H19BrO7/c1-14-25(15-4-8-21(31-2)23(11-15)32-3)26(29)19-7-6-18(13-22(19)33-14)34-27(30)24-12-16-10-17(28)5-9-20(16)35-24/h4-13H,1-3H3. The third-order valence-electron chi connectivity index (χ3n) is 5.60. The molecule has 176 valence electrons. The lowest BCUT2D eigenvalue weighted by Gasteiger charge is -2.11. The van der Waals surface area contributed by atoms with Gasteiger partial charge >= 0.3 is 5.97 Å². The predicted octanol–water partition coefficient (Wildman–Crippen LogP) is 6.51. The predicted molar refractivity (Wildman–Crippen MR) is 135 cm³/mol. The molecule has 0 aliphatic rings. The minimum absolute atomic E-state index is 0.0691. The maximum atomic E-state index is 13.3. The molecule has 3 aromatic carbocycles. The lowest BCUT2D eigenvalue weighted by Crippen LogP contribution is -2.09. The first-order valence-corrected chi connectivity index (χ1v) is 11.4. The van der Waals surface area contributed by atoms with Crippen LogP contribution in [0.5, 0.6) is 17.2 Å². The fraction of sp³-hybridized carbons (Fsp3) is 0.111. The van der Waals surface area contributed by atoms with Gasteiger partial charge in [0.2, 0.25) is 11.2 Å². The molecular formula is C27H19BrO7. The molecule has 0 spiro atoms. The van der Waals surface area contributed by atoms with Crippen LogP contribution in [0.4, 0.5) is 0 Å². The monoisotopic (exact) mass is 534 g/mol. The van der Waals surface area contributed by atoms with Crippen molar-refractivity contribution < 1.29 is 27.8 Å². The molecule has 8 heteroatoms. The van der Waals surface area contributed by atoms with Gasteiger partial charge in [-0.1, -0.05) is 22.0 Å². The van der Waals surface area contributed by atoms with E-state index in [0.29, 0.717) is 44.9 Å². The Kier molecular flexibility index (Phi) is 5.82. The molecule has 0 fully saturated rings. The molecule has 5 rings (SSSR count). The van der Waals surface area contributed by atoms with Crippen LogP contribution in [0.25, 0.3) is 33.1 Å². The zero-order valence-corrected chi connectivity index (χ0v) is 20.6. The van der Waals surface area contributed by atoms with Crippen LogP contribution in [0.3, 0.4) is 0 Å². The molecule has 2 heterocycles. The van der Waals surface area contributed by atoms with Crippen molar-refractivity contribution in [3.8, 4) is 28.4 Å². The molecule has 0 amide bonds. The summed E-state index contributed by atoms with van der Waals surface area (Å²) >= 11 is 3.39. The van der Waals surface area contributed by atoms with Crippen molar-refractivity contribution in [2.24, 2.45) is 0 Å². The van der Waals surface area contributed by atoms with Crippen LogP contribution in [0.2, 0.25) is 0 Å². The highest BCUT2D eigenvalue weighted by Gasteiger charge is 2.19. The molecule has 0 bridgehead atoms. The van der Waals surface area contributed by atoms with E-state index in [0.717, 1.165) is 9.86 Å². The summed E-state index contributed by atoms with van der Waals surface area (Å²) in [6, 6.07) is 16.9. The number of hydrogen-bond donors (Lipinski definition) is 0. The lowest BCUT2D eigenvalue weighted by atomic mass is 10.0. The summed E-state index contributed by atoms with van der Waals surface area (Å²) in [5.74, 6) is 1.12. The number of carbonyl (C=O) groups excluding carboxylic acids is 1. The third-order valence-corrected chi connectivity index (χ3v) is 6.10. The average molecular weight is 535 g/mol. The van der Waals surface area contributed by atoms with Crippen LogP contribution < -0.4 is 19.6 Å². The second kappa shape index (κ2) is 8.96. The highest BCUT2D eigenvalue weighted by molar-refractivity contribution is 9.10. The molecule has 0 aliphatic carbocycles. The van der Waals surface area contributed by atoms with E-state index in [-0.39, 0.29) is 16.9 Å². The summed E-state index contributed by atoms with van der Waals surface area (Å²) in [6.07, 6.45) is 0. The fourth-order valence-electron chi connectivity index (χ4n) is 3.95. The number of furan rings is 1. The Morgan fingerprint density at radius 3 is 2.43 bits per heavy atom. The highest BCUT2D eigenvalue weighted by Crippen LogP contribution is 2.34. The van der Waals surface area contributed by atoms with Gasteiger partial charge in [-0.2, -0.15) is 0 Å². The lowest BCUT2D eigenvalue weighted by molar-refractivity contribution is 0.0704. The maximum absolute atomic E-state index is 13.3. The summed E-state index contributed by atoms with van der Waals surface area (Å²) in [7, 11) is 3.08. The van der Waals surface area contributed by atoms with Crippen LogP contribution in [0.15, 0.2) is 78.8 Å². The van der Waals surface area contributed by atoms with Crippen molar-refractivity contribution >= 4 is 43.8 Å². The van der Waals surface area contributed by atoms with Crippen LogP contribution in [0.1, 0.15) is 16.3 Å². The van der Waals surface area contributed by atoms with Crippen molar-refractivity contribution in [3.05, 3.63) is 86.9 Å². The molecule has 7 nitrogen and oxygen atoms in total. The number of fused-ring (bicyclic) bond motifs is 2. The number of hydrogen-bond acceptors (Lipinski definition) is 7. The van der Waals surface area contributed by atoms with Crippen molar-refractivity contribution in [2.45, 2.75) is 6.92 Å². The first kappa shape index (κ1) is 22.7. The number of aryl methyl sites for hydroxylation is 1. The van der Waals surface area contributed by atoms with Crippen LogP contribution in [0, 0.1) is 6.92 Å². The minimum atomic E-state index is -0.655. The van der Waals surface area contributed by atoms with E-state index in [9.17, 15) is 9.59 Å². The largest absolute Gasteiger partial charge is 0.493 e. The SMILES string of the molecule is COc1ccc(-c2c(C)oc3cc(OC(=O)c4cc5cc(Br)ccc5o4)ccc3c2=O)cc1OC. The van der Waals surface area contributed by atoms with Crippen molar-refractivity contribution in [3.63, 3.8) is 0 Å². The van der Waals surface area contributed by atoms with Gasteiger partial charge in [-0.25, -0.2) is 4.79 Å². The number of carbonyl (C=O) groups is 1. The number of rotatable bonds is 5. The van der Waals surface area contributed by atoms with E-state index < -0.39 is 5.97 Å². The molecule has 0 aliphatic heterocycles. The van der Waals surface area contributed by atoms with E-state index >= 15 is 0 Å². The molecule has 35 heavy (non-hydrogen) atoms. The normalized spacial score (nSPS) is 11.1. The summed E-state index contributed by atoms with van der Waals surface area (Å²) in [4.78, 5) is 26.0. The Labute approximate surface area is 207 Å². The molecule has 0 radical (unpaired) electrons. The molecule has 2 aromatic heterocycles. The van der Waals surface area contributed by atoms with Gasteiger partial charge < -0.3 is 23.0 Å². The summed E-state index contributed by atoms with van der Waals surface area (Å²) in [5.41, 5.74) is 1.72. The molecular weight excluding hydrogens is 516 g/mol. The number of esters is 1. The van der Waals surface area contributed by atoms with Gasteiger partial charge in [0.1, 0.15) is 22.7 Å². The Morgan fingerprint density at radius 2 is 1.66 bits per heavy atom. The Bertz CT molecular complexity index is 1660. The fourth-order valence-corrected chi connectivity index (χ4v) is 4.33. The molecule has 5 aromatic rings. The van der Waals surface area contributed by atoms with Gasteiger partial charge in [-0.15, -0.1) is 0 Å². The van der Waals surface area contributed by atoms with Gasteiger partial charge in [0.25, 0.3) is 0 Å². The molecule has 0 unspecified atom stereocenters. The number of halogens is 1. The third kappa shape index (κ3) is 4.17. The second-order valence-electron chi connectivity index (χ2n) is 7.77.